The van der Waals surface area contributed by atoms with E-state index in [0.717, 1.165) is 172 Å². The first-order chi connectivity index (χ1) is 35.7. The molecular formula is C73H122. The first-order valence-electron chi connectivity index (χ1n) is 35.7. The van der Waals surface area contributed by atoms with Crippen LogP contribution in [0.1, 0.15) is 285 Å². The van der Waals surface area contributed by atoms with Gasteiger partial charge in [0.05, 0.1) is 0 Å². The van der Waals surface area contributed by atoms with E-state index in [2.05, 4.69) is 34.6 Å². The summed E-state index contributed by atoms with van der Waals surface area (Å²) in [4.78, 5) is 0. The Morgan fingerprint density at radius 2 is 0.479 bits per heavy atom. The minimum atomic E-state index is 0.975. The summed E-state index contributed by atoms with van der Waals surface area (Å²) in [5.41, 5.74) is 0. The molecule has 0 heterocycles. The number of fused-ring (bicyclic) bond motifs is 6. The summed E-state index contributed by atoms with van der Waals surface area (Å²) in [6.45, 7) is 13.3. The van der Waals surface area contributed by atoms with Crippen LogP contribution in [-0.4, -0.2) is 0 Å². The predicted octanol–water partition coefficient (Wildman–Crippen LogP) is 21.3. The maximum Gasteiger partial charge on any atom is -0.0318 e. The minimum absolute atomic E-state index is 0.975. The zero-order valence-corrected chi connectivity index (χ0v) is 49.3. The Bertz CT molecular complexity index is 1570. The lowest BCUT2D eigenvalue weighted by molar-refractivity contribution is -0.153. The van der Waals surface area contributed by atoms with Crippen molar-refractivity contribution in [3.05, 3.63) is 0 Å². The topological polar surface area (TPSA) is 0 Å². The van der Waals surface area contributed by atoms with Crippen molar-refractivity contribution >= 4 is 0 Å². The summed E-state index contributed by atoms with van der Waals surface area (Å²) in [7, 11) is 0. The first-order valence-corrected chi connectivity index (χ1v) is 35.7. The molecule has 0 nitrogen and oxygen atoms in total. The fraction of sp³-hybridized carbons (Fsp3) is 1.00. The van der Waals surface area contributed by atoms with Gasteiger partial charge in [-0.2, -0.15) is 0 Å². The molecule has 0 heteroatoms. The van der Waals surface area contributed by atoms with Gasteiger partial charge in [-0.1, -0.05) is 125 Å². The van der Waals surface area contributed by atoms with Crippen molar-refractivity contribution in [3.63, 3.8) is 0 Å². The highest BCUT2D eigenvalue weighted by Gasteiger charge is 2.61. The van der Waals surface area contributed by atoms with Gasteiger partial charge in [0.1, 0.15) is 0 Å². The van der Waals surface area contributed by atoms with Crippen LogP contribution in [0.2, 0.25) is 0 Å². The van der Waals surface area contributed by atoms with E-state index in [4.69, 9.17) is 0 Å². The van der Waals surface area contributed by atoms with Crippen LogP contribution in [-0.2, 0) is 0 Å². The summed E-state index contributed by atoms with van der Waals surface area (Å²) < 4.78 is 0. The molecule has 20 unspecified atom stereocenters. The van der Waals surface area contributed by atoms with E-state index in [0.29, 0.717) is 0 Å². The van der Waals surface area contributed by atoms with Crippen molar-refractivity contribution in [1.29, 1.82) is 0 Å². The van der Waals surface area contributed by atoms with Gasteiger partial charge in [0.15, 0.2) is 0 Å². The molecule has 0 saturated heterocycles. The van der Waals surface area contributed by atoms with Gasteiger partial charge in [0.2, 0.25) is 0 Å². The van der Waals surface area contributed by atoms with Crippen LogP contribution >= 0.6 is 0 Å². The normalized spacial score (nSPS) is 54.5. The Morgan fingerprint density at radius 1 is 0.205 bits per heavy atom. The second-order valence-electron chi connectivity index (χ2n) is 33.3. The second-order valence-corrected chi connectivity index (χ2v) is 33.3. The summed E-state index contributed by atoms with van der Waals surface area (Å²) >= 11 is 0. The third kappa shape index (κ3) is 10.4. The van der Waals surface area contributed by atoms with Gasteiger partial charge in [-0.25, -0.2) is 0 Å². The van der Waals surface area contributed by atoms with Gasteiger partial charge in [0.25, 0.3) is 0 Å². The van der Waals surface area contributed by atoms with Crippen LogP contribution in [0.5, 0.6) is 0 Å². The van der Waals surface area contributed by atoms with Crippen LogP contribution in [0, 0.1) is 172 Å². The molecule has 0 radical (unpaired) electrons. The number of hydrogen-bond donors (Lipinski definition) is 0. The number of hydrogen-bond acceptors (Lipinski definition) is 0. The zero-order valence-electron chi connectivity index (χ0n) is 49.3. The van der Waals surface area contributed by atoms with Crippen LogP contribution in [0.25, 0.3) is 0 Å². The molecular weight excluding hydrogens is 877 g/mol. The molecule has 13 aliphatic rings. The van der Waals surface area contributed by atoms with Crippen LogP contribution in [0.3, 0.4) is 0 Å². The fourth-order valence-corrected chi connectivity index (χ4v) is 27.1. The molecule has 0 spiro atoms. The van der Waals surface area contributed by atoms with Crippen molar-refractivity contribution in [1.82, 2.24) is 0 Å². The molecule has 13 rings (SSSR count). The summed E-state index contributed by atoms with van der Waals surface area (Å²) in [6.07, 6.45) is 62.8. The molecule has 414 valence electrons. The predicted molar refractivity (Wildman–Crippen MR) is 310 cm³/mol. The Balaban J connectivity index is 0.802. The third-order valence-electron chi connectivity index (χ3n) is 29.6. The molecule has 13 saturated carbocycles. The third-order valence-corrected chi connectivity index (χ3v) is 29.6. The quantitative estimate of drug-likeness (QED) is 0.227. The van der Waals surface area contributed by atoms with Gasteiger partial charge in [0, 0.05) is 0 Å². The van der Waals surface area contributed by atoms with Gasteiger partial charge in [-0.3, -0.25) is 0 Å². The van der Waals surface area contributed by atoms with E-state index in [1.807, 2.05) is 0 Å². The van der Waals surface area contributed by atoms with Crippen molar-refractivity contribution in [2.75, 3.05) is 0 Å². The smallest absolute Gasteiger partial charge is 0.0318 e. The van der Waals surface area contributed by atoms with E-state index in [1.54, 1.807) is 250 Å². The molecule has 73 heavy (non-hydrogen) atoms. The highest BCUT2D eigenvalue weighted by atomic mass is 14.7. The van der Waals surface area contributed by atoms with Crippen molar-refractivity contribution in [2.24, 2.45) is 172 Å². The monoisotopic (exact) mass is 999 g/mol. The van der Waals surface area contributed by atoms with Gasteiger partial charge >= 0.3 is 0 Å². The van der Waals surface area contributed by atoms with Crippen LogP contribution in [0.4, 0.5) is 0 Å². The minimum Gasteiger partial charge on any atom is -0.0625 e. The van der Waals surface area contributed by atoms with Crippen molar-refractivity contribution in [3.8, 4) is 0 Å². The SMILES string of the molecule is CC1CCC(C(C2CCC3CC(C)CCC3C2)C2C3CCCCC3C(C3CC(C)CC(C4C5CCCCC5C(C(C5CCC(C)CC5)C5CCC6CC(C)CCC6C5)C5CCCCC54)C3)C3CCCCC32)CC1. The van der Waals surface area contributed by atoms with Crippen molar-refractivity contribution < 1.29 is 0 Å². The summed E-state index contributed by atoms with van der Waals surface area (Å²) in [5, 5.41) is 0. The summed E-state index contributed by atoms with van der Waals surface area (Å²) in [5.74, 6) is 31.0. The first kappa shape index (κ1) is 52.4. The lowest BCUT2D eigenvalue weighted by Gasteiger charge is -2.64. The zero-order chi connectivity index (χ0) is 49.3. The maximum atomic E-state index is 2.86. The Kier molecular flexibility index (Phi) is 16.4. The van der Waals surface area contributed by atoms with E-state index >= 15 is 0 Å². The molecule has 0 N–H and O–H groups in total. The molecule has 0 bridgehead atoms. The molecule has 0 aromatic rings. The molecule has 13 fully saturated rings. The van der Waals surface area contributed by atoms with E-state index < -0.39 is 0 Å². The lowest BCUT2D eigenvalue weighted by atomic mass is 9.41. The Labute approximate surface area is 454 Å². The molecule has 20 atom stereocenters. The molecule has 0 aromatic carbocycles. The van der Waals surface area contributed by atoms with Crippen LogP contribution in [0.15, 0.2) is 0 Å². The summed E-state index contributed by atoms with van der Waals surface area (Å²) in [6, 6.07) is 0. The molecule has 13 aliphatic carbocycles. The van der Waals surface area contributed by atoms with E-state index in [1.165, 1.54) is 0 Å². The van der Waals surface area contributed by atoms with Gasteiger partial charge in [-0.05, 0) is 332 Å². The second kappa shape index (κ2) is 22.9. The Hall–Kier alpha value is 0. The van der Waals surface area contributed by atoms with Gasteiger partial charge in [-0.15, -0.1) is 0 Å². The largest absolute Gasteiger partial charge is 0.0625 e. The van der Waals surface area contributed by atoms with E-state index in [-0.39, 0.29) is 0 Å². The standard InChI is InChI=1S/C73H122/c1-45-22-28-50(29-23-45)68(56-36-34-52-38-47(3)26-32-54(52)42-56)72-64-18-10-6-14-60(64)70(61-15-7-11-19-65(61)72)58-40-49(5)41-59(44-58)71-62-16-8-12-20-66(62)73(67-21-13-9-17-63(67)71)69(51-30-24-46(2)25-31-51)57-37-35-53-39-48(4)27-33-55(53)43-57/h45-73H,6-44H2,1-5H3. The van der Waals surface area contributed by atoms with E-state index in [9.17, 15) is 0 Å². The molecule has 0 amide bonds. The van der Waals surface area contributed by atoms with Crippen LogP contribution < -0.4 is 0 Å². The van der Waals surface area contributed by atoms with Crippen molar-refractivity contribution in [2.45, 2.75) is 285 Å². The molecule has 0 aliphatic heterocycles. The molecule has 0 aromatic heterocycles. The fourth-order valence-electron chi connectivity index (χ4n) is 27.1. The number of rotatable bonds is 8. The highest BCUT2D eigenvalue weighted by Crippen LogP contribution is 2.68. The maximum absolute atomic E-state index is 2.86. The van der Waals surface area contributed by atoms with Gasteiger partial charge < -0.3 is 0 Å². The Morgan fingerprint density at radius 3 is 0.836 bits per heavy atom. The highest BCUT2D eigenvalue weighted by molar-refractivity contribution is 5.10. The lowest BCUT2D eigenvalue weighted by Crippen LogP contribution is -2.57. The average Bonchev–Trinajstić information content (AvgIpc) is 3.41. The average molecular weight is 1000 g/mol.